The molecular weight excluding hydrogens is 242 g/mol. The van der Waals surface area contributed by atoms with Crippen molar-refractivity contribution in [3.05, 3.63) is 47.5 Å². The first-order valence-electron chi connectivity index (χ1n) is 6.32. The van der Waals surface area contributed by atoms with Crippen LogP contribution in [0.3, 0.4) is 0 Å². The molecule has 0 atom stereocenters. The lowest BCUT2D eigenvalue weighted by atomic mass is 10.1. The molecule has 0 N–H and O–H groups in total. The van der Waals surface area contributed by atoms with E-state index in [0.717, 1.165) is 11.1 Å². The molecule has 0 radical (unpaired) electrons. The number of benzene rings is 1. The van der Waals surface area contributed by atoms with Crippen molar-refractivity contribution in [2.75, 3.05) is 13.1 Å². The summed E-state index contributed by atoms with van der Waals surface area (Å²) in [4.78, 5) is 24.6. The van der Waals surface area contributed by atoms with Crippen LogP contribution in [0.2, 0.25) is 0 Å². The fourth-order valence-electron chi connectivity index (χ4n) is 1.97. The Morgan fingerprint density at radius 3 is 2.58 bits per heavy atom. The van der Waals surface area contributed by atoms with Gasteiger partial charge in [0.15, 0.2) is 5.78 Å². The minimum atomic E-state index is -0.331. The van der Waals surface area contributed by atoms with Gasteiger partial charge in [0.2, 0.25) is 0 Å². The van der Waals surface area contributed by atoms with Gasteiger partial charge >= 0.3 is 6.09 Å². The van der Waals surface area contributed by atoms with Crippen LogP contribution in [0.25, 0.3) is 0 Å². The molecule has 1 aliphatic rings. The van der Waals surface area contributed by atoms with Crippen molar-refractivity contribution >= 4 is 11.9 Å². The highest BCUT2D eigenvalue weighted by molar-refractivity contribution is 5.93. The molecule has 4 heteroatoms. The van der Waals surface area contributed by atoms with Gasteiger partial charge in [-0.15, -0.1) is 0 Å². The van der Waals surface area contributed by atoms with Crippen LogP contribution in [0.1, 0.15) is 18.9 Å². The Balaban J connectivity index is 1.84. The minimum absolute atomic E-state index is 0.0808. The number of nitrogens with zero attached hydrogens (tertiary/aromatic N) is 1. The number of hydrogen-bond acceptors (Lipinski definition) is 3. The van der Waals surface area contributed by atoms with E-state index in [2.05, 4.69) is 0 Å². The van der Waals surface area contributed by atoms with Gasteiger partial charge in [-0.25, -0.2) is 4.79 Å². The summed E-state index contributed by atoms with van der Waals surface area (Å²) in [5, 5.41) is 0. The Kier molecular flexibility index (Phi) is 4.34. The maximum Gasteiger partial charge on any atom is 0.410 e. The number of hydrogen-bond donors (Lipinski definition) is 0. The van der Waals surface area contributed by atoms with Crippen LogP contribution in [0.4, 0.5) is 4.79 Å². The van der Waals surface area contributed by atoms with Crippen molar-refractivity contribution in [1.29, 1.82) is 0 Å². The monoisotopic (exact) mass is 259 g/mol. The lowest BCUT2D eigenvalue weighted by Crippen LogP contribution is -2.35. The standard InChI is InChI=1S/C15H17NO3/c1-12(17)14-7-9-16(10-8-14)15(18)19-11-13-5-3-2-4-6-13/h2-7H,8-11H2,1H3. The minimum Gasteiger partial charge on any atom is -0.445 e. The van der Waals surface area contributed by atoms with E-state index in [-0.39, 0.29) is 18.5 Å². The van der Waals surface area contributed by atoms with Crippen molar-refractivity contribution in [3.63, 3.8) is 0 Å². The van der Waals surface area contributed by atoms with Crippen molar-refractivity contribution in [2.45, 2.75) is 20.0 Å². The van der Waals surface area contributed by atoms with Gasteiger partial charge < -0.3 is 9.64 Å². The highest BCUT2D eigenvalue weighted by Crippen LogP contribution is 2.13. The highest BCUT2D eigenvalue weighted by atomic mass is 16.6. The normalized spacial score (nSPS) is 14.8. The quantitative estimate of drug-likeness (QED) is 0.838. The molecule has 1 aromatic rings. The van der Waals surface area contributed by atoms with Crippen molar-refractivity contribution < 1.29 is 14.3 Å². The van der Waals surface area contributed by atoms with Gasteiger partial charge in [0.05, 0.1) is 0 Å². The summed E-state index contributed by atoms with van der Waals surface area (Å²) in [6.45, 7) is 2.82. The molecule has 0 spiro atoms. The molecule has 0 fully saturated rings. The Hall–Kier alpha value is -2.10. The number of amides is 1. The van der Waals surface area contributed by atoms with Crippen LogP contribution in [0.15, 0.2) is 42.0 Å². The van der Waals surface area contributed by atoms with Gasteiger partial charge in [0.1, 0.15) is 6.61 Å². The van der Waals surface area contributed by atoms with Gasteiger partial charge in [-0.1, -0.05) is 36.4 Å². The zero-order valence-electron chi connectivity index (χ0n) is 11.0. The summed E-state index contributed by atoms with van der Waals surface area (Å²) in [5.74, 6) is 0.0808. The molecule has 0 unspecified atom stereocenters. The number of carbonyl (C=O) groups excluding carboxylic acids is 2. The molecular formula is C15H17NO3. The van der Waals surface area contributed by atoms with Crippen molar-refractivity contribution in [2.24, 2.45) is 0 Å². The molecule has 4 nitrogen and oxygen atoms in total. The SMILES string of the molecule is CC(=O)C1=CCN(C(=O)OCc2ccccc2)CC1. The average Bonchev–Trinajstić information content (AvgIpc) is 2.46. The summed E-state index contributed by atoms with van der Waals surface area (Å²) in [6, 6.07) is 9.57. The Labute approximate surface area is 112 Å². The summed E-state index contributed by atoms with van der Waals surface area (Å²) in [7, 11) is 0. The maximum atomic E-state index is 11.8. The Morgan fingerprint density at radius 2 is 2.00 bits per heavy atom. The third-order valence-corrected chi connectivity index (χ3v) is 3.12. The second kappa shape index (κ2) is 6.18. The molecule has 1 amide bonds. The van der Waals surface area contributed by atoms with E-state index in [4.69, 9.17) is 4.74 Å². The summed E-state index contributed by atoms with van der Waals surface area (Å²) in [5.41, 5.74) is 1.76. The largest absolute Gasteiger partial charge is 0.445 e. The molecule has 19 heavy (non-hydrogen) atoms. The third-order valence-electron chi connectivity index (χ3n) is 3.12. The Bertz CT molecular complexity index is 493. The fourth-order valence-corrected chi connectivity index (χ4v) is 1.97. The van der Waals surface area contributed by atoms with Gasteiger partial charge in [-0.2, -0.15) is 0 Å². The molecule has 0 bridgehead atoms. The first kappa shape index (κ1) is 13.3. The Morgan fingerprint density at radius 1 is 1.26 bits per heavy atom. The average molecular weight is 259 g/mol. The molecule has 100 valence electrons. The summed E-state index contributed by atoms with van der Waals surface area (Å²) >= 11 is 0. The third kappa shape index (κ3) is 3.68. The van der Waals surface area contributed by atoms with Gasteiger partial charge in [-0.3, -0.25) is 4.79 Å². The molecule has 0 aliphatic carbocycles. The zero-order chi connectivity index (χ0) is 13.7. The van der Waals surface area contributed by atoms with Crippen molar-refractivity contribution in [1.82, 2.24) is 4.90 Å². The van der Waals surface area contributed by atoms with Gasteiger partial charge in [0, 0.05) is 13.1 Å². The van der Waals surface area contributed by atoms with E-state index in [0.29, 0.717) is 19.5 Å². The summed E-state index contributed by atoms with van der Waals surface area (Å²) < 4.78 is 5.24. The van der Waals surface area contributed by atoms with Gasteiger partial charge in [0.25, 0.3) is 0 Å². The molecule has 1 aromatic carbocycles. The van der Waals surface area contributed by atoms with E-state index >= 15 is 0 Å². The van der Waals surface area contributed by atoms with E-state index in [1.54, 1.807) is 17.9 Å². The topological polar surface area (TPSA) is 46.6 Å². The molecule has 1 aliphatic heterocycles. The first-order chi connectivity index (χ1) is 9.16. The summed E-state index contributed by atoms with van der Waals surface area (Å²) in [6.07, 6.45) is 2.08. The van der Waals surface area contributed by atoms with E-state index in [1.807, 2.05) is 30.3 Å². The lowest BCUT2D eigenvalue weighted by molar-refractivity contribution is -0.113. The number of carbonyl (C=O) groups is 2. The van der Waals surface area contributed by atoms with E-state index < -0.39 is 0 Å². The van der Waals surface area contributed by atoms with Gasteiger partial charge in [-0.05, 0) is 24.5 Å². The van der Waals surface area contributed by atoms with Crippen LogP contribution in [-0.4, -0.2) is 29.9 Å². The number of rotatable bonds is 3. The van der Waals surface area contributed by atoms with Crippen LogP contribution in [0.5, 0.6) is 0 Å². The smallest absolute Gasteiger partial charge is 0.410 e. The predicted octanol–water partition coefficient (Wildman–Crippen LogP) is 2.54. The lowest BCUT2D eigenvalue weighted by Gasteiger charge is -2.25. The second-order valence-electron chi connectivity index (χ2n) is 4.52. The maximum absolute atomic E-state index is 11.8. The van der Waals surface area contributed by atoms with E-state index in [1.165, 1.54) is 0 Å². The number of ether oxygens (including phenoxy) is 1. The van der Waals surface area contributed by atoms with Crippen molar-refractivity contribution in [3.8, 4) is 0 Å². The number of Topliss-reactive ketones (excluding diaryl/α,β-unsaturated/α-hetero) is 1. The molecule has 0 saturated carbocycles. The van der Waals surface area contributed by atoms with Crippen LogP contribution in [-0.2, 0) is 16.1 Å². The van der Waals surface area contributed by atoms with Crippen LogP contribution in [0, 0.1) is 0 Å². The molecule has 2 rings (SSSR count). The fraction of sp³-hybridized carbons (Fsp3) is 0.333. The second-order valence-corrected chi connectivity index (χ2v) is 4.52. The van der Waals surface area contributed by atoms with Crippen LogP contribution >= 0.6 is 0 Å². The number of ketones is 1. The molecule has 1 heterocycles. The zero-order valence-corrected chi connectivity index (χ0v) is 11.0. The molecule has 0 saturated heterocycles. The van der Waals surface area contributed by atoms with Crippen LogP contribution < -0.4 is 0 Å². The molecule has 0 aromatic heterocycles. The predicted molar refractivity (Wildman–Crippen MR) is 71.6 cm³/mol. The highest BCUT2D eigenvalue weighted by Gasteiger charge is 2.19. The van der Waals surface area contributed by atoms with E-state index in [9.17, 15) is 9.59 Å². The first-order valence-corrected chi connectivity index (χ1v) is 6.32.